The van der Waals surface area contributed by atoms with Crippen LogP contribution in [0.5, 0.6) is 0 Å². The molecule has 0 bridgehead atoms. The third-order valence-electron chi connectivity index (χ3n) is 9.97. The lowest BCUT2D eigenvalue weighted by Gasteiger charge is -2.32. The second kappa shape index (κ2) is 12.5. The van der Waals surface area contributed by atoms with E-state index in [1.807, 2.05) is 24.3 Å². The molecule has 2 atom stereocenters. The van der Waals surface area contributed by atoms with E-state index >= 15 is 0 Å². The highest BCUT2D eigenvalue weighted by atomic mass is 16.2. The van der Waals surface area contributed by atoms with E-state index in [1.165, 1.54) is 12.2 Å². The first-order chi connectivity index (χ1) is 21.8. The van der Waals surface area contributed by atoms with Gasteiger partial charge in [0, 0.05) is 45.7 Å². The van der Waals surface area contributed by atoms with Crippen LogP contribution >= 0.6 is 0 Å². The van der Waals surface area contributed by atoms with Crippen LogP contribution in [0.2, 0.25) is 0 Å². The Labute approximate surface area is 271 Å². The number of allylic oxidation sites excluding steroid dienone is 4. The maximum absolute atomic E-state index is 13.4. The van der Waals surface area contributed by atoms with Crippen molar-refractivity contribution in [1.82, 2.24) is 0 Å². The second-order valence-corrected chi connectivity index (χ2v) is 13.9. The molecule has 3 aromatic rings. The topological polar surface area (TPSA) is 74.8 Å². The third-order valence-corrected chi connectivity index (χ3v) is 9.97. The van der Waals surface area contributed by atoms with E-state index in [0.717, 1.165) is 59.6 Å². The van der Waals surface area contributed by atoms with E-state index in [9.17, 15) is 19.2 Å². The Hall–Kier alpha value is -4.32. The minimum absolute atomic E-state index is 0.173. The van der Waals surface area contributed by atoms with Crippen molar-refractivity contribution in [3.63, 3.8) is 0 Å². The normalized spacial score (nSPS) is 19.3. The summed E-state index contributed by atoms with van der Waals surface area (Å²) in [5.41, 5.74) is 1.69. The van der Waals surface area contributed by atoms with Crippen LogP contribution < -0.4 is 42.0 Å². The van der Waals surface area contributed by atoms with Gasteiger partial charge in [0.25, 0.3) is 0 Å². The van der Waals surface area contributed by atoms with Crippen molar-refractivity contribution < 1.29 is 0 Å². The average Bonchev–Trinajstić information content (AvgIpc) is 3.39. The van der Waals surface area contributed by atoms with Gasteiger partial charge in [0.2, 0.25) is 21.7 Å². The Kier molecular flexibility index (Phi) is 8.96. The van der Waals surface area contributed by atoms with E-state index in [2.05, 4.69) is 89.5 Å². The molecule has 0 fully saturated rings. The second-order valence-electron chi connectivity index (χ2n) is 13.9. The number of fused-ring (bicyclic) bond motifs is 2. The van der Waals surface area contributed by atoms with Crippen LogP contribution in [-0.2, 0) is 10.8 Å². The van der Waals surface area contributed by atoms with Gasteiger partial charge in [-0.2, -0.15) is 0 Å². The minimum atomic E-state index is -0.947. The molecule has 6 nitrogen and oxygen atoms in total. The van der Waals surface area contributed by atoms with Crippen LogP contribution in [0.3, 0.4) is 0 Å². The molecule has 240 valence electrons. The molecule has 0 saturated heterocycles. The molecule has 46 heavy (non-hydrogen) atoms. The minimum Gasteiger partial charge on any atom is -0.341 e. The number of para-hydroxylation sites is 2. The molecule has 0 aromatic heterocycles. The molecule has 0 spiro atoms. The monoisotopic (exact) mass is 618 g/mol. The molecule has 5 rings (SSSR count). The quantitative estimate of drug-likeness (QED) is 0.319. The summed E-state index contributed by atoms with van der Waals surface area (Å²) in [6, 6.07) is 16.7. The first-order valence-electron chi connectivity index (χ1n) is 16.6. The Bertz CT molecular complexity index is 1860. The van der Waals surface area contributed by atoms with Crippen LogP contribution in [-0.4, -0.2) is 12.1 Å². The SMILES string of the molecule is CCCC(C)N1/C(=C/C=c2c(=O)c(=O)c(=C/C=C3/N(C(C)CCC)c4ccccc4C3(C)C)c(=O)c2=O)C(C)(C)c2ccccc21. The number of hydrogen-bond acceptors (Lipinski definition) is 6. The fourth-order valence-corrected chi connectivity index (χ4v) is 7.51. The Morgan fingerprint density at radius 2 is 0.891 bits per heavy atom. The number of benzene rings is 3. The molecule has 0 radical (unpaired) electrons. The standard InChI is InChI=1S/C40H46N2O4/c1-9-15-25(3)41-31-19-13-11-17-29(31)39(5,6)33(41)23-21-27-35(43)37(45)28(38(46)36(27)44)22-24-34-40(7,8)30-18-12-14-20-32(30)42(34)26(4)16-10-2/h11-14,17-26H,9-10,15-16H2,1-8H3/b27-21?,28-22?,33-23+,34-24+. The zero-order valence-electron chi connectivity index (χ0n) is 28.4. The van der Waals surface area contributed by atoms with Crippen LogP contribution in [0.15, 0.2) is 91.3 Å². The van der Waals surface area contributed by atoms with Gasteiger partial charge in [0.05, 0.1) is 10.4 Å². The van der Waals surface area contributed by atoms with Crippen molar-refractivity contribution in [2.45, 2.75) is 104 Å². The molecule has 6 heteroatoms. The number of nitrogens with zero attached hydrogens (tertiary/aromatic N) is 2. The lowest BCUT2D eigenvalue weighted by molar-refractivity contribution is 0.572. The van der Waals surface area contributed by atoms with E-state index in [-0.39, 0.29) is 22.5 Å². The van der Waals surface area contributed by atoms with Crippen LogP contribution in [0.1, 0.15) is 92.2 Å². The molecular formula is C40H46N2O4. The highest BCUT2D eigenvalue weighted by Gasteiger charge is 2.42. The predicted octanol–water partition coefficient (Wildman–Crippen LogP) is 5.30. The van der Waals surface area contributed by atoms with E-state index in [1.54, 1.807) is 12.2 Å². The smallest absolute Gasteiger partial charge is 0.237 e. The largest absolute Gasteiger partial charge is 0.341 e. The maximum Gasteiger partial charge on any atom is 0.237 e. The van der Waals surface area contributed by atoms with E-state index < -0.39 is 32.5 Å². The molecule has 2 unspecified atom stereocenters. The molecule has 2 heterocycles. The first-order valence-corrected chi connectivity index (χ1v) is 16.6. The maximum atomic E-state index is 13.4. The van der Waals surface area contributed by atoms with Crippen LogP contribution in [0, 0.1) is 0 Å². The number of rotatable bonds is 8. The molecular weight excluding hydrogens is 572 g/mol. The average molecular weight is 619 g/mol. The van der Waals surface area contributed by atoms with Crippen LogP contribution in [0.25, 0.3) is 12.2 Å². The van der Waals surface area contributed by atoms with Gasteiger partial charge in [-0.25, -0.2) is 0 Å². The van der Waals surface area contributed by atoms with E-state index in [0.29, 0.717) is 0 Å². The lowest BCUT2D eigenvalue weighted by Crippen LogP contribution is -2.64. The van der Waals surface area contributed by atoms with Gasteiger partial charge in [0.15, 0.2) is 0 Å². The van der Waals surface area contributed by atoms with Crippen molar-refractivity contribution in [2.75, 3.05) is 9.80 Å². The summed E-state index contributed by atoms with van der Waals surface area (Å²) in [5, 5.41) is -0.761. The molecule has 0 aliphatic carbocycles. The summed E-state index contributed by atoms with van der Waals surface area (Å²) in [4.78, 5) is 58.3. The number of hydrogen-bond donors (Lipinski definition) is 0. The zero-order valence-corrected chi connectivity index (χ0v) is 28.4. The molecule has 2 aliphatic rings. The molecule has 0 saturated carbocycles. The molecule has 0 amide bonds. The van der Waals surface area contributed by atoms with Gasteiger partial charge in [-0.3, -0.25) is 19.2 Å². The summed E-state index contributed by atoms with van der Waals surface area (Å²) >= 11 is 0. The Balaban J connectivity index is 1.67. The fourth-order valence-electron chi connectivity index (χ4n) is 7.51. The highest BCUT2D eigenvalue weighted by molar-refractivity contribution is 5.73. The van der Waals surface area contributed by atoms with Gasteiger partial charge >= 0.3 is 0 Å². The lowest BCUT2D eigenvalue weighted by atomic mass is 9.83. The van der Waals surface area contributed by atoms with Gasteiger partial charge in [-0.05, 0) is 74.3 Å². The van der Waals surface area contributed by atoms with Crippen molar-refractivity contribution >= 4 is 23.5 Å². The van der Waals surface area contributed by atoms with Gasteiger partial charge in [-0.15, -0.1) is 0 Å². The van der Waals surface area contributed by atoms with Crippen molar-refractivity contribution in [3.8, 4) is 0 Å². The molecule has 3 aromatic carbocycles. The summed E-state index contributed by atoms with van der Waals surface area (Å²) in [6.45, 7) is 17.0. The molecule has 0 N–H and O–H groups in total. The summed E-state index contributed by atoms with van der Waals surface area (Å²) in [6.07, 6.45) is 10.2. The van der Waals surface area contributed by atoms with Crippen molar-refractivity contribution in [3.05, 3.63) is 135 Å². The summed E-state index contributed by atoms with van der Waals surface area (Å²) in [7, 11) is 0. The Morgan fingerprint density at radius 3 is 1.22 bits per heavy atom. The number of anilines is 2. The van der Waals surface area contributed by atoms with Gasteiger partial charge < -0.3 is 9.80 Å². The van der Waals surface area contributed by atoms with Crippen molar-refractivity contribution in [1.29, 1.82) is 0 Å². The molecule has 2 aliphatic heterocycles. The summed E-state index contributed by atoms with van der Waals surface area (Å²) < 4.78 is 0. The predicted molar refractivity (Wildman–Crippen MR) is 191 cm³/mol. The Morgan fingerprint density at radius 1 is 0.565 bits per heavy atom. The van der Waals surface area contributed by atoms with Crippen molar-refractivity contribution in [2.24, 2.45) is 0 Å². The van der Waals surface area contributed by atoms with E-state index in [4.69, 9.17) is 0 Å². The summed E-state index contributed by atoms with van der Waals surface area (Å²) in [5.74, 6) is 0. The fraction of sp³-hybridized carbons (Fsp3) is 0.400. The highest BCUT2D eigenvalue weighted by Crippen LogP contribution is 2.50. The zero-order chi connectivity index (χ0) is 33.6. The van der Waals surface area contributed by atoms with Gasteiger partial charge in [0.1, 0.15) is 0 Å². The first kappa shape index (κ1) is 33.1. The third kappa shape index (κ3) is 5.32. The van der Waals surface area contributed by atoms with Gasteiger partial charge in [-0.1, -0.05) is 90.8 Å². The van der Waals surface area contributed by atoms with Crippen LogP contribution in [0.4, 0.5) is 11.4 Å².